The first-order valence-corrected chi connectivity index (χ1v) is 8.31. The fourth-order valence-corrected chi connectivity index (χ4v) is 2.71. The SMILES string of the molecule is CC[NH+](CC(=O)Nc1cc(Cl)ccc1C)Cc1ccccc1C. The highest BCUT2D eigenvalue weighted by Gasteiger charge is 2.15. The van der Waals surface area contributed by atoms with Gasteiger partial charge in [0.1, 0.15) is 6.54 Å². The van der Waals surface area contributed by atoms with Gasteiger partial charge in [0.05, 0.1) is 6.54 Å². The maximum atomic E-state index is 12.3. The van der Waals surface area contributed by atoms with Gasteiger partial charge in [0.15, 0.2) is 6.54 Å². The molecule has 0 heterocycles. The quantitative estimate of drug-likeness (QED) is 0.838. The summed E-state index contributed by atoms with van der Waals surface area (Å²) in [6, 6.07) is 13.9. The van der Waals surface area contributed by atoms with Gasteiger partial charge in [-0.25, -0.2) is 0 Å². The summed E-state index contributed by atoms with van der Waals surface area (Å²) in [5.74, 6) is 0.0146. The minimum atomic E-state index is 0.0146. The largest absolute Gasteiger partial charge is 0.324 e. The summed E-state index contributed by atoms with van der Waals surface area (Å²) in [4.78, 5) is 13.6. The molecule has 0 aliphatic heterocycles. The van der Waals surface area contributed by atoms with E-state index in [9.17, 15) is 4.79 Å². The molecule has 0 saturated carbocycles. The fourth-order valence-electron chi connectivity index (χ4n) is 2.54. The molecule has 0 spiro atoms. The third kappa shape index (κ3) is 5.08. The van der Waals surface area contributed by atoms with Crippen LogP contribution in [-0.4, -0.2) is 19.0 Å². The smallest absolute Gasteiger partial charge is 0.279 e. The maximum Gasteiger partial charge on any atom is 0.279 e. The van der Waals surface area contributed by atoms with E-state index in [0.29, 0.717) is 11.6 Å². The number of aryl methyl sites for hydroxylation is 2. The number of hydrogen-bond donors (Lipinski definition) is 2. The molecule has 4 heteroatoms. The molecule has 0 fully saturated rings. The summed E-state index contributed by atoms with van der Waals surface area (Å²) < 4.78 is 0. The van der Waals surface area contributed by atoms with Crippen LogP contribution in [0.4, 0.5) is 5.69 Å². The minimum Gasteiger partial charge on any atom is -0.324 e. The minimum absolute atomic E-state index is 0.0146. The lowest BCUT2D eigenvalue weighted by molar-refractivity contribution is -0.903. The number of carbonyl (C=O) groups excluding carboxylic acids is 1. The summed E-state index contributed by atoms with van der Waals surface area (Å²) in [7, 11) is 0. The average Bonchev–Trinajstić information content (AvgIpc) is 2.52. The van der Waals surface area contributed by atoms with E-state index in [0.717, 1.165) is 24.3 Å². The normalized spacial score (nSPS) is 12.0. The lowest BCUT2D eigenvalue weighted by atomic mass is 10.1. The Morgan fingerprint density at radius 2 is 1.87 bits per heavy atom. The van der Waals surface area contributed by atoms with Crippen molar-refractivity contribution < 1.29 is 9.69 Å². The third-order valence-corrected chi connectivity index (χ3v) is 4.32. The number of amides is 1. The number of quaternary nitrogens is 1. The van der Waals surface area contributed by atoms with E-state index >= 15 is 0 Å². The van der Waals surface area contributed by atoms with Crippen molar-refractivity contribution in [2.75, 3.05) is 18.4 Å². The second-order valence-corrected chi connectivity index (χ2v) is 6.33. The highest BCUT2D eigenvalue weighted by atomic mass is 35.5. The first kappa shape index (κ1) is 17.5. The van der Waals surface area contributed by atoms with E-state index < -0.39 is 0 Å². The summed E-state index contributed by atoms with van der Waals surface area (Å²) in [5.41, 5.74) is 4.36. The number of anilines is 1. The molecule has 0 aliphatic rings. The lowest BCUT2D eigenvalue weighted by Crippen LogP contribution is -3.11. The van der Waals surface area contributed by atoms with Crippen LogP contribution in [-0.2, 0) is 11.3 Å². The van der Waals surface area contributed by atoms with Gasteiger partial charge in [0.25, 0.3) is 5.91 Å². The molecular formula is C19H24ClN2O+. The van der Waals surface area contributed by atoms with Gasteiger partial charge < -0.3 is 10.2 Å². The van der Waals surface area contributed by atoms with E-state index in [-0.39, 0.29) is 5.91 Å². The Labute approximate surface area is 143 Å². The predicted octanol–water partition coefficient (Wildman–Crippen LogP) is 3.00. The van der Waals surface area contributed by atoms with Gasteiger partial charge in [-0.1, -0.05) is 41.9 Å². The first-order valence-electron chi connectivity index (χ1n) is 7.93. The lowest BCUT2D eigenvalue weighted by Gasteiger charge is -2.19. The molecule has 3 nitrogen and oxygen atoms in total. The summed E-state index contributed by atoms with van der Waals surface area (Å²) >= 11 is 6.00. The molecule has 1 unspecified atom stereocenters. The summed E-state index contributed by atoms with van der Waals surface area (Å²) in [6.45, 7) is 8.37. The van der Waals surface area contributed by atoms with Crippen molar-refractivity contribution in [3.63, 3.8) is 0 Å². The van der Waals surface area contributed by atoms with Crippen LogP contribution in [0.5, 0.6) is 0 Å². The second-order valence-electron chi connectivity index (χ2n) is 5.89. The average molecular weight is 332 g/mol. The van der Waals surface area contributed by atoms with Crippen LogP contribution in [0.15, 0.2) is 42.5 Å². The van der Waals surface area contributed by atoms with Crippen LogP contribution >= 0.6 is 11.6 Å². The Morgan fingerprint density at radius 3 is 2.57 bits per heavy atom. The summed E-state index contributed by atoms with van der Waals surface area (Å²) in [6.07, 6.45) is 0. The molecule has 2 N–H and O–H groups in total. The van der Waals surface area contributed by atoms with Gasteiger partial charge in [-0.05, 0) is 44.0 Å². The number of hydrogen-bond acceptors (Lipinski definition) is 1. The molecule has 1 atom stereocenters. The molecule has 1 amide bonds. The van der Waals surface area contributed by atoms with Crippen molar-refractivity contribution in [3.8, 4) is 0 Å². The van der Waals surface area contributed by atoms with E-state index in [4.69, 9.17) is 11.6 Å². The molecule has 0 bridgehead atoms. The highest BCUT2D eigenvalue weighted by Crippen LogP contribution is 2.19. The van der Waals surface area contributed by atoms with Crippen LogP contribution in [0.3, 0.4) is 0 Å². The van der Waals surface area contributed by atoms with Crippen molar-refractivity contribution in [2.45, 2.75) is 27.3 Å². The highest BCUT2D eigenvalue weighted by molar-refractivity contribution is 6.31. The molecule has 2 aromatic rings. The van der Waals surface area contributed by atoms with Crippen LogP contribution in [0.2, 0.25) is 5.02 Å². The molecule has 0 saturated heterocycles. The topological polar surface area (TPSA) is 33.5 Å². The standard InChI is InChI=1S/C19H23ClN2O/c1-4-22(12-16-8-6-5-7-14(16)2)13-19(23)21-18-11-17(20)10-9-15(18)3/h5-11H,4,12-13H2,1-3H3,(H,21,23)/p+1. The van der Waals surface area contributed by atoms with Crippen molar-refractivity contribution >= 4 is 23.2 Å². The number of carbonyl (C=O) groups is 1. The Balaban J connectivity index is 2.00. The van der Waals surface area contributed by atoms with E-state index in [1.807, 2.05) is 31.2 Å². The Kier molecular flexibility index (Phi) is 6.20. The molecule has 0 radical (unpaired) electrons. The predicted molar refractivity (Wildman–Crippen MR) is 96.1 cm³/mol. The van der Waals surface area contributed by atoms with Crippen LogP contribution in [0.25, 0.3) is 0 Å². The first-order chi connectivity index (χ1) is 11.0. The van der Waals surface area contributed by atoms with Gasteiger partial charge in [-0.2, -0.15) is 0 Å². The molecule has 23 heavy (non-hydrogen) atoms. The molecule has 2 aromatic carbocycles. The Hall–Kier alpha value is -1.84. The van der Waals surface area contributed by atoms with Crippen molar-refractivity contribution in [1.82, 2.24) is 0 Å². The number of nitrogens with one attached hydrogen (secondary N) is 2. The van der Waals surface area contributed by atoms with Crippen LogP contribution in [0, 0.1) is 13.8 Å². The van der Waals surface area contributed by atoms with Crippen LogP contribution < -0.4 is 10.2 Å². The van der Waals surface area contributed by atoms with Crippen LogP contribution in [0.1, 0.15) is 23.6 Å². The van der Waals surface area contributed by atoms with Crippen molar-refractivity contribution in [2.24, 2.45) is 0 Å². The van der Waals surface area contributed by atoms with Gasteiger partial charge in [-0.3, -0.25) is 4.79 Å². The van der Waals surface area contributed by atoms with Crippen molar-refractivity contribution in [3.05, 3.63) is 64.2 Å². The maximum absolute atomic E-state index is 12.3. The van der Waals surface area contributed by atoms with Gasteiger partial charge in [-0.15, -0.1) is 0 Å². The third-order valence-electron chi connectivity index (χ3n) is 4.09. The molecule has 0 aliphatic carbocycles. The molecule has 2 rings (SSSR count). The van der Waals surface area contributed by atoms with Gasteiger partial charge in [0.2, 0.25) is 0 Å². The number of likely N-dealkylation sites (N-methyl/N-ethyl adjacent to an activating group) is 1. The monoisotopic (exact) mass is 331 g/mol. The van der Waals surface area contributed by atoms with E-state index in [2.05, 4.69) is 31.3 Å². The number of benzene rings is 2. The van der Waals surface area contributed by atoms with Crippen molar-refractivity contribution in [1.29, 1.82) is 0 Å². The molecule has 0 aromatic heterocycles. The van der Waals surface area contributed by atoms with Gasteiger partial charge >= 0.3 is 0 Å². The fraction of sp³-hybridized carbons (Fsp3) is 0.316. The molecule has 122 valence electrons. The Morgan fingerprint density at radius 1 is 1.13 bits per heavy atom. The molecular weight excluding hydrogens is 308 g/mol. The Bertz CT molecular complexity index is 685. The zero-order chi connectivity index (χ0) is 16.8. The van der Waals surface area contributed by atoms with E-state index in [1.165, 1.54) is 16.0 Å². The number of rotatable bonds is 6. The summed E-state index contributed by atoms with van der Waals surface area (Å²) in [5, 5.41) is 3.60. The second kappa shape index (κ2) is 8.14. The zero-order valence-electron chi connectivity index (χ0n) is 13.9. The van der Waals surface area contributed by atoms with E-state index in [1.54, 1.807) is 6.07 Å². The number of halogens is 1. The zero-order valence-corrected chi connectivity index (χ0v) is 14.7. The van der Waals surface area contributed by atoms with Gasteiger partial charge in [0, 0.05) is 16.3 Å².